The van der Waals surface area contributed by atoms with Crippen LogP contribution in [0.25, 0.3) is 0 Å². The fourth-order valence-electron chi connectivity index (χ4n) is 6.89. The highest BCUT2D eigenvalue weighted by Crippen LogP contribution is 2.18. The first-order chi connectivity index (χ1) is 25.0. The molecule has 0 rings (SSSR count). The van der Waals surface area contributed by atoms with Gasteiger partial charge in [0.05, 0.1) is 25.2 Å². The molecule has 1 amide bonds. The fraction of sp³-hybridized carbons (Fsp3) is 0.911. The van der Waals surface area contributed by atoms with Crippen molar-refractivity contribution in [3.05, 3.63) is 12.2 Å². The molecule has 0 aromatic rings. The van der Waals surface area contributed by atoms with Gasteiger partial charge in [-0.1, -0.05) is 187 Å². The summed E-state index contributed by atoms with van der Waals surface area (Å²) in [6.07, 6.45) is 41.2. The Bertz CT molecular complexity index is 772. The molecule has 0 heterocycles. The van der Waals surface area contributed by atoms with Gasteiger partial charge in [0, 0.05) is 6.42 Å². The third-order valence-electron chi connectivity index (χ3n) is 10.3. The van der Waals surface area contributed by atoms with E-state index >= 15 is 0 Å². The SMILES string of the molecule is CCCCC/C=C\CCCCCCCC(=O)OC(CCCCCCCCCCC)CC(=O)NC(CO)C(O)CCCCCCCCCCCCC. The fourth-order valence-corrected chi connectivity index (χ4v) is 6.89. The second-order valence-electron chi connectivity index (χ2n) is 15.5. The Morgan fingerprint density at radius 1 is 0.549 bits per heavy atom. The summed E-state index contributed by atoms with van der Waals surface area (Å²) in [5.74, 6) is -0.478. The van der Waals surface area contributed by atoms with E-state index in [0.717, 1.165) is 51.4 Å². The Balaban J connectivity index is 4.53. The summed E-state index contributed by atoms with van der Waals surface area (Å²) < 4.78 is 5.88. The Morgan fingerprint density at radius 3 is 1.43 bits per heavy atom. The van der Waals surface area contributed by atoms with E-state index in [1.165, 1.54) is 141 Å². The lowest BCUT2D eigenvalue weighted by atomic mass is 10.0. The molecule has 0 spiro atoms. The van der Waals surface area contributed by atoms with Crippen molar-refractivity contribution in [2.75, 3.05) is 6.61 Å². The average Bonchev–Trinajstić information content (AvgIpc) is 3.12. The van der Waals surface area contributed by atoms with E-state index in [1.807, 2.05) is 0 Å². The van der Waals surface area contributed by atoms with E-state index in [9.17, 15) is 19.8 Å². The lowest BCUT2D eigenvalue weighted by molar-refractivity contribution is -0.151. The highest BCUT2D eigenvalue weighted by Gasteiger charge is 2.24. The first-order valence-electron chi connectivity index (χ1n) is 22.4. The molecule has 0 aliphatic rings. The van der Waals surface area contributed by atoms with Crippen LogP contribution < -0.4 is 5.32 Å². The normalized spacial score (nSPS) is 13.4. The van der Waals surface area contributed by atoms with Crippen LogP contribution in [0.15, 0.2) is 12.2 Å². The van der Waals surface area contributed by atoms with Gasteiger partial charge in [-0.3, -0.25) is 9.59 Å². The third kappa shape index (κ3) is 35.4. The molecule has 0 fully saturated rings. The smallest absolute Gasteiger partial charge is 0.306 e. The van der Waals surface area contributed by atoms with Gasteiger partial charge >= 0.3 is 5.97 Å². The summed E-state index contributed by atoms with van der Waals surface area (Å²) in [4.78, 5) is 25.9. The van der Waals surface area contributed by atoms with E-state index in [1.54, 1.807) is 0 Å². The lowest BCUT2D eigenvalue weighted by Gasteiger charge is -2.24. The number of nitrogens with one attached hydrogen (secondary N) is 1. The summed E-state index contributed by atoms with van der Waals surface area (Å²) >= 11 is 0. The van der Waals surface area contributed by atoms with Gasteiger partial charge < -0.3 is 20.3 Å². The number of ether oxygens (including phenoxy) is 1. The standard InChI is InChI=1S/C45H87NO5/c1-4-7-10-13-16-19-21-23-26-29-32-35-38-45(50)51-41(36-33-30-27-24-18-15-12-9-6-3)39-44(49)46-42(40-47)43(48)37-34-31-28-25-22-20-17-14-11-8-5-2/h16,19,41-43,47-48H,4-15,17-18,20-40H2,1-3H3,(H,46,49)/b19-16-. The summed E-state index contributed by atoms with van der Waals surface area (Å²) in [5, 5.41) is 23.6. The Kier molecular flexibility index (Phi) is 38.7. The molecule has 0 saturated heterocycles. The quantitative estimate of drug-likeness (QED) is 0.0332. The van der Waals surface area contributed by atoms with Gasteiger partial charge in [0.15, 0.2) is 0 Å². The number of rotatable bonds is 40. The van der Waals surface area contributed by atoms with Gasteiger partial charge in [-0.25, -0.2) is 0 Å². The van der Waals surface area contributed by atoms with Crippen LogP contribution in [0.3, 0.4) is 0 Å². The van der Waals surface area contributed by atoms with Crippen LogP contribution in [0.5, 0.6) is 0 Å². The number of allylic oxidation sites excluding steroid dienone is 2. The van der Waals surface area contributed by atoms with Crippen LogP contribution in [-0.4, -0.2) is 46.9 Å². The molecule has 51 heavy (non-hydrogen) atoms. The number of aliphatic hydroxyl groups excluding tert-OH is 2. The summed E-state index contributed by atoms with van der Waals surface area (Å²) in [6.45, 7) is 6.43. The molecule has 3 atom stereocenters. The second-order valence-corrected chi connectivity index (χ2v) is 15.5. The van der Waals surface area contributed by atoms with E-state index in [4.69, 9.17) is 4.74 Å². The lowest BCUT2D eigenvalue weighted by Crippen LogP contribution is -2.46. The molecule has 3 unspecified atom stereocenters. The van der Waals surface area contributed by atoms with Crippen molar-refractivity contribution in [2.24, 2.45) is 0 Å². The predicted octanol–water partition coefficient (Wildman–Crippen LogP) is 12.6. The number of amides is 1. The van der Waals surface area contributed by atoms with Gasteiger partial charge in [-0.15, -0.1) is 0 Å². The number of carbonyl (C=O) groups is 2. The first kappa shape index (κ1) is 49.6. The molecule has 0 radical (unpaired) electrons. The van der Waals surface area contributed by atoms with Gasteiger partial charge in [0.25, 0.3) is 0 Å². The Labute approximate surface area is 317 Å². The number of hydrogen-bond acceptors (Lipinski definition) is 5. The second kappa shape index (κ2) is 39.8. The third-order valence-corrected chi connectivity index (χ3v) is 10.3. The molecule has 0 saturated carbocycles. The summed E-state index contributed by atoms with van der Waals surface area (Å²) in [7, 11) is 0. The van der Waals surface area contributed by atoms with Crippen molar-refractivity contribution in [1.29, 1.82) is 0 Å². The van der Waals surface area contributed by atoms with Crippen LogP contribution >= 0.6 is 0 Å². The number of hydrogen-bond donors (Lipinski definition) is 3. The Hall–Kier alpha value is -1.40. The number of esters is 1. The maximum atomic E-state index is 13.1. The van der Waals surface area contributed by atoms with Crippen LogP contribution in [0.4, 0.5) is 0 Å². The molecule has 0 aromatic carbocycles. The van der Waals surface area contributed by atoms with Crippen molar-refractivity contribution in [3.63, 3.8) is 0 Å². The minimum Gasteiger partial charge on any atom is -0.462 e. The zero-order valence-electron chi connectivity index (χ0n) is 34.3. The summed E-state index contributed by atoms with van der Waals surface area (Å²) in [6, 6.07) is -0.693. The minimum atomic E-state index is -0.780. The zero-order chi connectivity index (χ0) is 37.5. The molecular formula is C45H87NO5. The van der Waals surface area contributed by atoms with Crippen molar-refractivity contribution in [3.8, 4) is 0 Å². The zero-order valence-corrected chi connectivity index (χ0v) is 34.3. The van der Waals surface area contributed by atoms with Gasteiger partial charge in [0.2, 0.25) is 5.91 Å². The molecule has 6 nitrogen and oxygen atoms in total. The highest BCUT2D eigenvalue weighted by molar-refractivity contribution is 5.77. The summed E-state index contributed by atoms with van der Waals surface area (Å²) in [5.41, 5.74) is 0. The van der Waals surface area contributed by atoms with Crippen LogP contribution in [0.1, 0.15) is 239 Å². The highest BCUT2D eigenvalue weighted by atomic mass is 16.5. The molecule has 0 bridgehead atoms. The maximum absolute atomic E-state index is 13.1. The van der Waals surface area contributed by atoms with Gasteiger partial charge in [-0.2, -0.15) is 0 Å². The monoisotopic (exact) mass is 722 g/mol. The van der Waals surface area contributed by atoms with Crippen molar-refractivity contribution in [1.82, 2.24) is 5.32 Å². The minimum absolute atomic E-state index is 0.0797. The van der Waals surface area contributed by atoms with Crippen LogP contribution in [-0.2, 0) is 14.3 Å². The Morgan fingerprint density at radius 2 is 0.941 bits per heavy atom. The maximum Gasteiger partial charge on any atom is 0.306 e. The van der Waals surface area contributed by atoms with E-state index in [-0.39, 0.29) is 24.9 Å². The van der Waals surface area contributed by atoms with Crippen molar-refractivity contribution < 1.29 is 24.5 Å². The van der Waals surface area contributed by atoms with Gasteiger partial charge in [-0.05, 0) is 51.4 Å². The molecular weight excluding hydrogens is 634 g/mol. The average molecular weight is 722 g/mol. The molecule has 0 aliphatic heterocycles. The van der Waals surface area contributed by atoms with E-state index in [2.05, 4.69) is 38.2 Å². The molecule has 0 aromatic heterocycles. The number of carbonyl (C=O) groups excluding carboxylic acids is 2. The largest absolute Gasteiger partial charge is 0.462 e. The number of aliphatic hydroxyl groups is 2. The van der Waals surface area contributed by atoms with Gasteiger partial charge in [0.1, 0.15) is 6.10 Å². The topological polar surface area (TPSA) is 95.9 Å². The molecule has 0 aliphatic carbocycles. The molecule has 3 N–H and O–H groups in total. The van der Waals surface area contributed by atoms with E-state index < -0.39 is 18.2 Å². The van der Waals surface area contributed by atoms with Crippen LogP contribution in [0, 0.1) is 0 Å². The molecule has 6 heteroatoms. The van der Waals surface area contributed by atoms with Crippen molar-refractivity contribution in [2.45, 2.75) is 257 Å². The van der Waals surface area contributed by atoms with Crippen molar-refractivity contribution >= 4 is 11.9 Å². The molecule has 302 valence electrons. The van der Waals surface area contributed by atoms with E-state index in [0.29, 0.717) is 19.3 Å². The first-order valence-corrected chi connectivity index (χ1v) is 22.4. The van der Waals surface area contributed by atoms with Crippen LogP contribution in [0.2, 0.25) is 0 Å². The predicted molar refractivity (Wildman–Crippen MR) is 218 cm³/mol. The number of unbranched alkanes of at least 4 members (excludes halogenated alkanes) is 26.